The molecule has 3 atom stereocenters. The summed E-state index contributed by atoms with van der Waals surface area (Å²) in [5, 5.41) is 14.5. The molecule has 10 heteroatoms. The highest BCUT2D eigenvalue weighted by Gasteiger charge is 2.31. The van der Waals surface area contributed by atoms with Crippen molar-refractivity contribution in [2.75, 3.05) is 14.2 Å². The molecule has 32 heavy (non-hydrogen) atoms. The first-order valence-corrected chi connectivity index (χ1v) is 10.2. The van der Waals surface area contributed by atoms with E-state index in [1.807, 2.05) is 0 Å². The standard InChI is InChI=1S/C22H33N3O7/c1-13(24-21(30)32-22(3,4)5)18(26)23-14(2)19(27)25(6)17(20(28)29)12-15-8-10-16(31-7)11-9-15/h8-11,13-14,17H,12H2,1-7H3,(H,23,26)(H,24,30)(H,28,29)/t13-,14+,17+/m1/s1. The SMILES string of the molecule is COc1ccc(C[C@@H](C(=O)O)N(C)C(=O)[C@H](C)NC(=O)[C@@H](C)NC(=O)OC(C)(C)C)cc1. The number of amides is 3. The first kappa shape index (κ1) is 26.7. The van der Waals surface area contributed by atoms with Gasteiger partial charge in [0.15, 0.2) is 0 Å². The number of alkyl carbamates (subject to hydrolysis) is 1. The fraction of sp³-hybridized carbons (Fsp3) is 0.545. The van der Waals surface area contributed by atoms with Crippen molar-refractivity contribution in [1.29, 1.82) is 0 Å². The molecule has 0 aliphatic rings. The molecule has 0 aliphatic heterocycles. The third kappa shape index (κ3) is 8.44. The van der Waals surface area contributed by atoms with Gasteiger partial charge in [-0.25, -0.2) is 9.59 Å². The monoisotopic (exact) mass is 451 g/mol. The second-order valence-corrected chi connectivity index (χ2v) is 8.45. The molecule has 3 amide bonds. The predicted molar refractivity (Wildman–Crippen MR) is 117 cm³/mol. The van der Waals surface area contributed by atoms with Crippen LogP contribution in [0.25, 0.3) is 0 Å². The Balaban J connectivity index is 2.75. The van der Waals surface area contributed by atoms with Gasteiger partial charge >= 0.3 is 12.1 Å². The summed E-state index contributed by atoms with van der Waals surface area (Å²) in [5.41, 5.74) is -0.00755. The van der Waals surface area contributed by atoms with Gasteiger partial charge in [0.2, 0.25) is 11.8 Å². The van der Waals surface area contributed by atoms with Crippen molar-refractivity contribution in [2.45, 2.75) is 64.8 Å². The second-order valence-electron chi connectivity index (χ2n) is 8.45. The Morgan fingerprint density at radius 2 is 1.59 bits per heavy atom. The molecule has 0 saturated carbocycles. The lowest BCUT2D eigenvalue weighted by molar-refractivity contribution is -0.150. The van der Waals surface area contributed by atoms with E-state index in [1.54, 1.807) is 45.0 Å². The van der Waals surface area contributed by atoms with Gasteiger partial charge < -0.3 is 30.1 Å². The number of aliphatic carboxylic acids is 1. The largest absolute Gasteiger partial charge is 0.497 e. The van der Waals surface area contributed by atoms with Crippen molar-refractivity contribution in [3.05, 3.63) is 29.8 Å². The zero-order valence-electron chi connectivity index (χ0n) is 19.6. The van der Waals surface area contributed by atoms with Gasteiger partial charge in [0.1, 0.15) is 29.5 Å². The van der Waals surface area contributed by atoms with Crippen molar-refractivity contribution in [3.8, 4) is 5.75 Å². The van der Waals surface area contributed by atoms with Gasteiger partial charge in [-0.2, -0.15) is 0 Å². The predicted octanol–water partition coefficient (Wildman–Crippen LogP) is 1.57. The second kappa shape index (κ2) is 11.4. The molecule has 0 heterocycles. The third-order valence-corrected chi connectivity index (χ3v) is 4.54. The lowest BCUT2D eigenvalue weighted by atomic mass is 10.0. The summed E-state index contributed by atoms with van der Waals surface area (Å²) in [6, 6.07) is 3.77. The first-order valence-electron chi connectivity index (χ1n) is 10.2. The average molecular weight is 452 g/mol. The minimum absolute atomic E-state index is 0.0822. The normalized spacial score (nSPS) is 13.8. The quantitative estimate of drug-likeness (QED) is 0.519. The Morgan fingerprint density at radius 3 is 2.06 bits per heavy atom. The number of benzene rings is 1. The summed E-state index contributed by atoms with van der Waals surface area (Å²) in [6.45, 7) is 7.98. The highest BCUT2D eigenvalue weighted by atomic mass is 16.6. The number of carbonyl (C=O) groups excluding carboxylic acids is 3. The topological polar surface area (TPSA) is 134 Å². The Bertz CT molecular complexity index is 818. The van der Waals surface area contributed by atoms with Gasteiger partial charge in [0.25, 0.3) is 0 Å². The highest BCUT2D eigenvalue weighted by molar-refractivity contribution is 5.92. The number of hydrogen-bond acceptors (Lipinski definition) is 6. The summed E-state index contributed by atoms with van der Waals surface area (Å²) in [5.74, 6) is -1.72. The van der Waals surface area contributed by atoms with E-state index in [9.17, 15) is 24.3 Å². The number of carboxylic acids is 1. The molecule has 0 bridgehead atoms. The molecular formula is C22H33N3O7. The number of likely N-dealkylation sites (N-methyl/N-ethyl adjacent to an activating group) is 1. The van der Waals surface area contributed by atoms with Crippen LogP contribution in [0.4, 0.5) is 4.79 Å². The van der Waals surface area contributed by atoms with Crippen LogP contribution in [0, 0.1) is 0 Å². The molecule has 0 radical (unpaired) electrons. The third-order valence-electron chi connectivity index (χ3n) is 4.54. The minimum Gasteiger partial charge on any atom is -0.497 e. The number of nitrogens with zero attached hydrogens (tertiary/aromatic N) is 1. The maximum Gasteiger partial charge on any atom is 0.408 e. The maximum absolute atomic E-state index is 12.8. The first-order chi connectivity index (χ1) is 14.7. The smallest absolute Gasteiger partial charge is 0.408 e. The van der Waals surface area contributed by atoms with Crippen LogP contribution in [-0.2, 0) is 25.5 Å². The van der Waals surface area contributed by atoms with Crippen LogP contribution >= 0.6 is 0 Å². The van der Waals surface area contributed by atoms with Crippen molar-refractivity contribution < 1.29 is 33.8 Å². The summed E-state index contributed by atoms with van der Waals surface area (Å²) in [7, 11) is 2.90. The molecule has 0 spiro atoms. The fourth-order valence-corrected chi connectivity index (χ4v) is 2.78. The molecule has 1 rings (SSSR count). The number of carboxylic acid groups (broad SMARTS) is 1. The van der Waals surface area contributed by atoms with Crippen LogP contribution in [0.2, 0.25) is 0 Å². The molecule has 0 fully saturated rings. The number of hydrogen-bond donors (Lipinski definition) is 3. The lowest BCUT2D eigenvalue weighted by Gasteiger charge is -2.28. The number of carbonyl (C=O) groups is 4. The van der Waals surface area contributed by atoms with Crippen molar-refractivity contribution in [1.82, 2.24) is 15.5 Å². The summed E-state index contributed by atoms with van der Waals surface area (Å²) >= 11 is 0. The van der Waals surface area contributed by atoms with Gasteiger partial charge in [0.05, 0.1) is 7.11 Å². The van der Waals surface area contributed by atoms with E-state index in [0.29, 0.717) is 11.3 Å². The van der Waals surface area contributed by atoms with Crippen molar-refractivity contribution in [3.63, 3.8) is 0 Å². The molecule has 10 nitrogen and oxygen atoms in total. The van der Waals surface area contributed by atoms with Gasteiger partial charge in [-0.3, -0.25) is 9.59 Å². The van der Waals surface area contributed by atoms with E-state index >= 15 is 0 Å². The van der Waals surface area contributed by atoms with Crippen molar-refractivity contribution in [2.24, 2.45) is 0 Å². The fourth-order valence-electron chi connectivity index (χ4n) is 2.78. The van der Waals surface area contributed by atoms with Crippen LogP contribution in [0.3, 0.4) is 0 Å². The number of rotatable bonds is 9. The molecule has 0 aromatic heterocycles. The molecule has 0 aliphatic carbocycles. The maximum atomic E-state index is 12.8. The number of ether oxygens (including phenoxy) is 2. The minimum atomic E-state index is -1.17. The molecular weight excluding hydrogens is 418 g/mol. The van der Waals surface area contributed by atoms with E-state index in [4.69, 9.17) is 9.47 Å². The number of methoxy groups -OCH3 is 1. The van der Waals surface area contributed by atoms with E-state index in [0.717, 1.165) is 4.90 Å². The summed E-state index contributed by atoms with van der Waals surface area (Å²) in [4.78, 5) is 49.8. The van der Waals surface area contributed by atoms with Gasteiger partial charge in [0, 0.05) is 13.5 Å². The highest BCUT2D eigenvalue weighted by Crippen LogP contribution is 2.15. The Hall–Kier alpha value is -3.30. The Kier molecular flexibility index (Phi) is 9.49. The van der Waals surface area contributed by atoms with E-state index in [2.05, 4.69) is 10.6 Å². The molecule has 0 unspecified atom stereocenters. The number of nitrogens with one attached hydrogen (secondary N) is 2. The van der Waals surface area contributed by atoms with E-state index in [1.165, 1.54) is 28.0 Å². The van der Waals surface area contributed by atoms with Crippen LogP contribution < -0.4 is 15.4 Å². The Morgan fingerprint density at radius 1 is 1.03 bits per heavy atom. The van der Waals surface area contributed by atoms with Crippen LogP contribution in [0.15, 0.2) is 24.3 Å². The van der Waals surface area contributed by atoms with Crippen LogP contribution in [0.5, 0.6) is 5.75 Å². The Labute approximate surface area is 188 Å². The molecule has 1 aromatic carbocycles. The molecule has 1 aromatic rings. The summed E-state index contributed by atoms with van der Waals surface area (Å²) in [6.07, 6.45) is -0.680. The molecule has 178 valence electrons. The lowest BCUT2D eigenvalue weighted by Crippen LogP contribution is -2.55. The zero-order chi connectivity index (χ0) is 24.6. The van der Waals surface area contributed by atoms with Crippen LogP contribution in [0.1, 0.15) is 40.2 Å². The van der Waals surface area contributed by atoms with Crippen molar-refractivity contribution >= 4 is 23.9 Å². The molecule has 3 N–H and O–H groups in total. The molecule has 0 saturated heterocycles. The van der Waals surface area contributed by atoms with Gasteiger partial charge in [-0.15, -0.1) is 0 Å². The van der Waals surface area contributed by atoms with E-state index < -0.39 is 47.6 Å². The van der Waals surface area contributed by atoms with Gasteiger partial charge in [-0.05, 0) is 52.3 Å². The van der Waals surface area contributed by atoms with Crippen LogP contribution in [-0.4, -0.2) is 71.8 Å². The van der Waals surface area contributed by atoms with E-state index in [-0.39, 0.29) is 6.42 Å². The average Bonchev–Trinajstić information content (AvgIpc) is 2.69. The zero-order valence-corrected chi connectivity index (χ0v) is 19.6. The summed E-state index contributed by atoms with van der Waals surface area (Å²) < 4.78 is 10.2. The van der Waals surface area contributed by atoms with Gasteiger partial charge in [-0.1, -0.05) is 12.1 Å².